The molecule has 44 heavy (non-hydrogen) atoms. The number of non-ortho nitro benzene ring substituents is 1. The van der Waals surface area contributed by atoms with Gasteiger partial charge < -0.3 is 19.9 Å². The normalized spacial score (nSPS) is 16.4. The Balaban J connectivity index is 0.00000442. The lowest BCUT2D eigenvalue weighted by molar-refractivity contribution is -0.384. The maximum atomic E-state index is 13.1. The summed E-state index contributed by atoms with van der Waals surface area (Å²) in [6.07, 6.45) is -0.446. The van der Waals surface area contributed by atoms with E-state index < -0.39 is 21.0 Å². The Morgan fingerprint density at radius 1 is 1.02 bits per heavy atom. The maximum Gasteiger partial charge on any atom is 0.409 e. The number of fused-ring (bicyclic) bond motifs is 1. The number of hydrogen-bond acceptors (Lipinski definition) is 11. The zero-order valence-electron chi connectivity index (χ0n) is 24.1. The molecule has 1 N–H and O–H groups in total. The molecule has 2 saturated heterocycles. The second kappa shape index (κ2) is 14.5. The summed E-state index contributed by atoms with van der Waals surface area (Å²) < 4.78 is 33.2. The van der Waals surface area contributed by atoms with Gasteiger partial charge in [-0.15, -0.1) is 12.4 Å². The maximum absolute atomic E-state index is 13.1. The van der Waals surface area contributed by atoms with Crippen LogP contribution in [-0.2, 0) is 14.8 Å². The minimum atomic E-state index is -3.75. The Morgan fingerprint density at radius 3 is 2.34 bits per heavy atom. The van der Waals surface area contributed by atoms with Gasteiger partial charge in [0.05, 0.1) is 26.6 Å². The van der Waals surface area contributed by atoms with E-state index in [1.807, 2.05) is 0 Å². The van der Waals surface area contributed by atoms with Crippen LogP contribution < -0.4 is 10.2 Å². The summed E-state index contributed by atoms with van der Waals surface area (Å²) in [6.45, 7) is 7.00. The van der Waals surface area contributed by atoms with Gasteiger partial charge in [0, 0.05) is 83.1 Å². The predicted molar refractivity (Wildman–Crippen MR) is 168 cm³/mol. The highest BCUT2D eigenvalue weighted by Gasteiger charge is 2.30. The number of rotatable bonds is 9. The van der Waals surface area contributed by atoms with Crippen LogP contribution in [0.3, 0.4) is 0 Å². The Bertz CT molecular complexity index is 1590. The summed E-state index contributed by atoms with van der Waals surface area (Å²) in [5.41, 5.74) is 1.17. The van der Waals surface area contributed by atoms with Crippen molar-refractivity contribution in [2.24, 2.45) is 0 Å². The van der Waals surface area contributed by atoms with Crippen molar-refractivity contribution in [3.8, 4) is 0 Å². The monoisotopic (exact) mass is 667 g/mol. The number of hydrogen-bond donors (Lipinski definition) is 1. The van der Waals surface area contributed by atoms with Crippen LogP contribution in [0.4, 0.5) is 15.6 Å². The van der Waals surface area contributed by atoms with Crippen LogP contribution in [0.5, 0.6) is 0 Å². The average molecular weight is 668 g/mol. The predicted octanol–water partition coefficient (Wildman–Crippen LogP) is 2.64. The van der Waals surface area contributed by atoms with Crippen LogP contribution in [0.1, 0.15) is 17.3 Å². The topological polar surface area (TPSA) is 159 Å². The second-order valence-corrected chi connectivity index (χ2v) is 13.1. The Hall–Kier alpha value is -3.57. The first kappa shape index (κ1) is 33.3. The van der Waals surface area contributed by atoms with Gasteiger partial charge in [0.1, 0.15) is 0 Å². The molecule has 3 aromatic rings. The van der Waals surface area contributed by atoms with Gasteiger partial charge >= 0.3 is 6.09 Å². The van der Waals surface area contributed by atoms with Gasteiger partial charge in [0.15, 0.2) is 5.13 Å². The summed E-state index contributed by atoms with van der Waals surface area (Å²) in [6, 6.07) is 10.6. The van der Waals surface area contributed by atoms with Gasteiger partial charge in [-0.1, -0.05) is 11.3 Å². The number of nitro groups is 1. The highest BCUT2D eigenvalue weighted by atomic mass is 35.5. The van der Waals surface area contributed by atoms with Crippen molar-refractivity contribution in [2.45, 2.75) is 11.8 Å². The van der Waals surface area contributed by atoms with E-state index in [4.69, 9.17) is 4.74 Å². The minimum absolute atomic E-state index is 0. The zero-order valence-corrected chi connectivity index (χ0v) is 26.5. The molecule has 2 amide bonds. The number of sulfonamides is 1. The Labute approximate surface area is 265 Å². The number of piperazine rings is 2. The molecule has 3 heterocycles. The number of anilines is 1. The fraction of sp³-hybridized carbons (Fsp3) is 0.444. The van der Waals surface area contributed by atoms with Crippen molar-refractivity contribution in [1.82, 2.24) is 24.4 Å². The van der Waals surface area contributed by atoms with Crippen LogP contribution in [-0.4, -0.2) is 116 Å². The van der Waals surface area contributed by atoms with Gasteiger partial charge in [0.25, 0.3) is 11.6 Å². The molecule has 0 aliphatic carbocycles. The first-order valence-electron chi connectivity index (χ1n) is 14.0. The van der Waals surface area contributed by atoms with Crippen LogP contribution in [0, 0.1) is 10.1 Å². The number of carbonyl (C=O) groups excluding carboxylic acids is 2. The Morgan fingerprint density at radius 2 is 1.70 bits per heavy atom. The van der Waals surface area contributed by atoms with Gasteiger partial charge in [-0.2, -0.15) is 4.31 Å². The quantitative estimate of drug-likeness (QED) is 0.266. The molecular weight excluding hydrogens is 634 g/mol. The molecule has 2 fully saturated rings. The lowest BCUT2D eigenvalue weighted by Crippen LogP contribution is -2.50. The molecule has 5 rings (SSSR count). The first-order chi connectivity index (χ1) is 20.7. The fourth-order valence-corrected chi connectivity index (χ4v) is 7.47. The molecule has 0 saturated carbocycles. The van der Waals surface area contributed by atoms with E-state index in [2.05, 4.69) is 20.1 Å². The second-order valence-electron chi connectivity index (χ2n) is 10.1. The third-order valence-electron chi connectivity index (χ3n) is 7.45. The van der Waals surface area contributed by atoms with Gasteiger partial charge in [0.2, 0.25) is 10.0 Å². The molecule has 238 valence electrons. The van der Waals surface area contributed by atoms with E-state index >= 15 is 0 Å². The largest absolute Gasteiger partial charge is 0.450 e. The average Bonchev–Trinajstić information content (AvgIpc) is 3.45. The lowest BCUT2D eigenvalue weighted by atomic mass is 10.2. The number of nitrogens with zero attached hydrogens (tertiary/aromatic N) is 6. The van der Waals surface area contributed by atoms with E-state index in [1.165, 1.54) is 50.9 Å². The van der Waals surface area contributed by atoms with E-state index in [1.54, 1.807) is 19.1 Å². The lowest BCUT2D eigenvalue weighted by Gasteiger charge is -2.34. The SMILES string of the molecule is CCOC(=O)N1CCN(S(=O)(=O)c2ccc(C(=O)NCCN3CCN(c4nc5ccc([N+](=O)[O-])cc5s4)CC3)cc2)CC1.Cl. The fourth-order valence-electron chi connectivity index (χ4n) is 5.00. The smallest absolute Gasteiger partial charge is 0.409 e. The molecule has 0 radical (unpaired) electrons. The molecule has 1 aromatic heterocycles. The number of nitro benzene ring substituents is 1. The summed E-state index contributed by atoms with van der Waals surface area (Å²) in [4.78, 5) is 45.9. The summed E-state index contributed by atoms with van der Waals surface area (Å²) in [5.74, 6) is -0.283. The molecule has 0 unspecified atom stereocenters. The molecule has 0 spiro atoms. The third kappa shape index (κ3) is 7.55. The van der Waals surface area contributed by atoms with Gasteiger partial charge in [-0.25, -0.2) is 18.2 Å². The van der Waals surface area contributed by atoms with Gasteiger partial charge in [-0.3, -0.25) is 19.8 Å². The van der Waals surface area contributed by atoms with Crippen LogP contribution in [0.25, 0.3) is 10.2 Å². The third-order valence-corrected chi connectivity index (χ3v) is 10.4. The van der Waals surface area contributed by atoms with Crippen LogP contribution >= 0.6 is 23.7 Å². The summed E-state index contributed by atoms with van der Waals surface area (Å²) >= 11 is 1.44. The number of halogens is 1. The van der Waals surface area contributed by atoms with Crippen molar-refractivity contribution in [3.05, 3.63) is 58.1 Å². The van der Waals surface area contributed by atoms with Crippen LogP contribution in [0.15, 0.2) is 47.4 Å². The van der Waals surface area contributed by atoms with E-state index in [9.17, 15) is 28.1 Å². The number of thiazole rings is 1. The van der Waals surface area contributed by atoms with E-state index in [0.717, 1.165) is 41.5 Å². The molecule has 14 nitrogen and oxygen atoms in total. The van der Waals surface area contributed by atoms with Crippen molar-refractivity contribution in [2.75, 3.05) is 77.0 Å². The number of benzene rings is 2. The van der Waals surface area contributed by atoms with Crippen molar-refractivity contribution in [3.63, 3.8) is 0 Å². The molecule has 0 atom stereocenters. The molecule has 2 aliphatic heterocycles. The first-order valence-corrected chi connectivity index (χ1v) is 16.2. The number of aromatic nitrogens is 1. The van der Waals surface area contributed by atoms with Crippen molar-refractivity contribution in [1.29, 1.82) is 0 Å². The minimum Gasteiger partial charge on any atom is -0.450 e. The molecule has 0 bridgehead atoms. The number of ether oxygens (including phenoxy) is 1. The molecule has 17 heteroatoms. The number of carbonyl (C=O) groups is 2. The molecular formula is C27H34ClN7O7S2. The van der Waals surface area contributed by atoms with E-state index in [0.29, 0.717) is 18.7 Å². The van der Waals surface area contributed by atoms with Crippen LogP contribution in [0.2, 0.25) is 0 Å². The van der Waals surface area contributed by atoms with Crippen molar-refractivity contribution >= 4 is 66.8 Å². The highest BCUT2D eigenvalue weighted by Crippen LogP contribution is 2.31. The number of nitrogens with one attached hydrogen (secondary N) is 1. The summed E-state index contributed by atoms with van der Waals surface area (Å²) in [7, 11) is -3.75. The summed E-state index contributed by atoms with van der Waals surface area (Å²) in [5, 5.41) is 14.8. The highest BCUT2D eigenvalue weighted by molar-refractivity contribution is 7.89. The van der Waals surface area contributed by atoms with E-state index in [-0.39, 0.29) is 61.7 Å². The van der Waals surface area contributed by atoms with Gasteiger partial charge in [-0.05, 0) is 37.3 Å². The molecule has 2 aliphatic rings. The zero-order chi connectivity index (χ0) is 30.6. The Kier molecular flexibility index (Phi) is 11.0. The molecule has 2 aromatic carbocycles. The standard InChI is InChI=1S/C27H33N7O7S2.ClH/c1-2-41-27(36)32-15-17-33(18-16-32)43(39,40)22-6-3-20(4-7-22)25(35)28-9-10-30-11-13-31(14-12-30)26-29-23-8-5-21(34(37)38)19-24(23)42-26;/h3-8,19H,2,9-18H2,1H3,(H,28,35);1H. The number of amides is 2. The van der Waals surface area contributed by atoms with Crippen molar-refractivity contribution < 1.29 is 27.7 Å².